The van der Waals surface area contributed by atoms with Crippen LogP contribution in [-0.4, -0.2) is 14.7 Å². The van der Waals surface area contributed by atoms with Gasteiger partial charge in [0.15, 0.2) is 5.11 Å². The zero-order valence-electron chi connectivity index (χ0n) is 19.4. The highest BCUT2D eigenvalue weighted by Crippen LogP contribution is 2.42. The van der Waals surface area contributed by atoms with E-state index in [2.05, 4.69) is 94.4 Å². The van der Waals surface area contributed by atoms with Gasteiger partial charge < -0.3 is 14.8 Å². The largest absolute Gasteiger partial charge is 0.351 e. The van der Waals surface area contributed by atoms with Gasteiger partial charge in [0.25, 0.3) is 0 Å². The standard InChI is InChI=1S/C28H27ClN4S/c1-18(2)20-9-11-21(12-10-20)33-27(26(31-28(33)34)24-7-4-5-15-30-24)25-8-6-16-32(25)22-13-14-23(29)19(3)17-22/h4-18,26-27H,1-3H3,(H,31,34). The Morgan fingerprint density at radius 1 is 0.971 bits per heavy atom. The number of anilines is 1. The fraction of sp³-hybridized carbons (Fsp3) is 0.214. The summed E-state index contributed by atoms with van der Waals surface area (Å²) in [6.07, 6.45) is 3.92. The summed E-state index contributed by atoms with van der Waals surface area (Å²) in [6, 6.07) is 24.9. The van der Waals surface area contributed by atoms with Crippen molar-refractivity contribution >= 4 is 34.6 Å². The second-order valence-corrected chi connectivity index (χ2v) is 9.77. The van der Waals surface area contributed by atoms with Gasteiger partial charge in [-0.25, -0.2) is 0 Å². The summed E-state index contributed by atoms with van der Waals surface area (Å²) in [7, 11) is 0. The van der Waals surface area contributed by atoms with Crippen LogP contribution in [0.1, 0.15) is 54.4 Å². The first kappa shape index (κ1) is 22.6. The number of aryl methyl sites for hydroxylation is 1. The molecule has 1 aliphatic rings. The molecule has 4 aromatic rings. The summed E-state index contributed by atoms with van der Waals surface area (Å²) in [6.45, 7) is 6.44. The van der Waals surface area contributed by atoms with Crippen molar-refractivity contribution in [2.24, 2.45) is 0 Å². The number of hydrogen-bond donors (Lipinski definition) is 1. The molecule has 0 spiro atoms. The van der Waals surface area contributed by atoms with Crippen LogP contribution >= 0.6 is 23.8 Å². The second-order valence-electron chi connectivity index (χ2n) is 8.98. The fourth-order valence-electron chi connectivity index (χ4n) is 4.60. The Morgan fingerprint density at radius 2 is 1.74 bits per heavy atom. The predicted octanol–water partition coefficient (Wildman–Crippen LogP) is 7.13. The maximum Gasteiger partial charge on any atom is 0.174 e. The number of benzene rings is 2. The Balaban J connectivity index is 1.64. The average Bonchev–Trinajstić information content (AvgIpc) is 3.45. The third-order valence-electron chi connectivity index (χ3n) is 6.44. The molecule has 0 radical (unpaired) electrons. The average molecular weight is 487 g/mol. The van der Waals surface area contributed by atoms with Crippen molar-refractivity contribution in [2.45, 2.75) is 38.8 Å². The van der Waals surface area contributed by atoms with Crippen LogP contribution in [-0.2, 0) is 0 Å². The summed E-state index contributed by atoms with van der Waals surface area (Å²) in [4.78, 5) is 6.89. The molecule has 0 bridgehead atoms. The van der Waals surface area contributed by atoms with E-state index < -0.39 is 0 Å². The molecule has 1 N–H and O–H groups in total. The molecule has 2 aromatic carbocycles. The molecule has 0 amide bonds. The molecule has 1 saturated heterocycles. The molecule has 3 heterocycles. The minimum Gasteiger partial charge on any atom is -0.351 e. The molecule has 2 atom stereocenters. The molecular formula is C28H27ClN4S. The lowest BCUT2D eigenvalue weighted by atomic mass is 9.99. The van der Waals surface area contributed by atoms with E-state index in [1.807, 2.05) is 31.3 Å². The monoisotopic (exact) mass is 486 g/mol. The highest BCUT2D eigenvalue weighted by atomic mass is 35.5. The molecule has 4 nitrogen and oxygen atoms in total. The molecular weight excluding hydrogens is 460 g/mol. The number of rotatable bonds is 5. The Bertz CT molecular complexity index is 1310. The molecule has 1 aliphatic heterocycles. The third kappa shape index (κ3) is 4.10. The van der Waals surface area contributed by atoms with Gasteiger partial charge in [-0.1, -0.05) is 43.6 Å². The van der Waals surface area contributed by atoms with Gasteiger partial charge in [-0.2, -0.15) is 0 Å². The number of aromatic nitrogens is 2. The quantitative estimate of drug-likeness (QED) is 0.304. The van der Waals surface area contributed by atoms with E-state index in [4.69, 9.17) is 23.8 Å². The molecule has 172 valence electrons. The number of hydrogen-bond acceptors (Lipinski definition) is 2. The summed E-state index contributed by atoms with van der Waals surface area (Å²) < 4.78 is 2.22. The van der Waals surface area contributed by atoms with Crippen LogP contribution in [0.5, 0.6) is 0 Å². The SMILES string of the molecule is Cc1cc(-n2cccc2C2C(c3ccccn3)NC(=S)N2c2ccc(C(C)C)cc2)ccc1Cl. The Morgan fingerprint density at radius 3 is 2.41 bits per heavy atom. The van der Waals surface area contributed by atoms with Gasteiger partial charge in [0, 0.05) is 34.5 Å². The second kappa shape index (κ2) is 9.24. The minimum atomic E-state index is -0.0967. The van der Waals surface area contributed by atoms with Crippen molar-refractivity contribution in [3.05, 3.63) is 113 Å². The van der Waals surface area contributed by atoms with Gasteiger partial charge >= 0.3 is 0 Å². The first-order valence-corrected chi connectivity index (χ1v) is 12.3. The summed E-state index contributed by atoms with van der Waals surface area (Å²) >= 11 is 12.2. The molecule has 5 rings (SSSR count). The molecule has 0 aliphatic carbocycles. The van der Waals surface area contributed by atoms with E-state index in [9.17, 15) is 0 Å². The van der Waals surface area contributed by atoms with E-state index in [-0.39, 0.29) is 12.1 Å². The van der Waals surface area contributed by atoms with Crippen molar-refractivity contribution in [3.63, 3.8) is 0 Å². The highest BCUT2D eigenvalue weighted by molar-refractivity contribution is 7.80. The lowest BCUT2D eigenvalue weighted by molar-refractivity contribution is 0.549. The minimum absolute atomic E-state index is 0.0849. The van der Waals surface area contributed by atoms with E-state index in [1.165, 1.54) is 5.56 Å². The van der Waals surface area contributed by atoms with Crippen molar-refractivity contribution < 1.29 is 0 Å². The normalized spacial score (nSPS) is 17.9. The molecule has 0 saturated carbocycles. The van der Waals surface area contributed by atoms with Crippen LogP contribution in [0.2, 0.25) is 5.02 Å². The van der Waals surface area contributed by atoms with Gasteiger partial charge in [0.2, 0.25) is 0 Å². The number of nitrogens with zero attached hydrogens (tertiary/aromatic N) is 3. The summed E-state index contributed by atoms with van der Waals surface area (Å²) in [5, 5.41) is 5.01. The molecule has 6 heteroatoms. The zero-order chi connectivity index (χ0) is 23.8. The molecule has 34 heavy (non-hydrogen) atoms. The van der Waals surface area contributed by atoms with Crippen LogP contribution in [0.25, 0.3) is 5.69 Å². The fourth-order valence-corrected chi connectivity index (χ4v) is 5.07. The van der Waals surface area contributed by atoms with Crippen LogP contribution in [0.3, 0.4) is 0 Å². The Hall–Kier alpha value is -3.15. The van der Waals surface area contributed by atoms with E-state index >= 15 is 0 Å². The van der Waals surface area contributed by atoms with Crippen LogP contribution in [0.15, 0.2) is 85.2 Å². The first-order valence-electron chi connectivity index (χ1n) is 11.5. The Kier molecular flexibility index (Phi) is 6.15. The van der Waals surface area contributed by atoms with E-state index in [0.29, 0.717) is 11.0 Å². The molecule has 1 fully saturated rings. The molecule has 2 aromatic heterocycles. The van der Waals surface area contributed by atoms with Crippen LogP contribution < -0.4 is 10.2 Å². The van der Waals surface area contributed by atoms with Gasteiger partial charge in [0.1, 0.15) is 6.04 Å². The van der Waals surface area contributed by atoms with Gasteiger partial charge in [-0.15, -0.1) is 0 Å². The predicted molar refractivity (Wildman–Crippen MR) is 144 cm³/mol. The summed E-state index contributed by atoms with van der Waals surface area (Å²) in [5.74, 6) is 0.472. The lowest BCUT2D eigenvalue weighted by Crippen LogP contribution is -2.30. The summed E-state index contributed by atoms with van der Waals surface area (Å²) in [5.41, 5.74) is 6.55. The highest BCUT2D eigenvalue weighted by Gasteiger charge is 2.42. The maximum absolute atomic E-state index is 6.32. The van der Waals surface area contributed by atoms with Crippen LogP contribution in [0, 0.1) is 6.92 Å². The van der Waals surface area contributed by atoms with Crippen molar-refractivity contribution in [2.75, 3.05) is 4.90 Å². The van der Waals surface area contributed by atoms with E-state index in [1.54, 1.807) is 0 Å². The molecule has 2 unspecified atom stereocenters. The zero-order valence-corrected chi connectivity index (χ0v) is 21.0. The number of halogens is 1. The van der Waals surface area contributed by atoms with Gasteiger partial charge in [0.05, 0.1) is 11.7 Å². The van der Waals surface area contributed by atoms with Gasteiger partial charge in [-0.3, -0.25) is 4.98 Å². The smallest absolute Gasteiger partial charge is 0.174 e. The number of nitrogens with one attached hydrogen (secondary N) is 1. The van der Waals surface area contributed by atoms with Crippen molar-refractivity contribution in [1.82, 2.24) is 14.9 Å². The first-order chi connectivity index (χ1) is 16.4. The third-order valence-corrected chi connectivity index (χ3v) is 7.18. The van der Waals surface area contributed by atoms with E-state index in [0.717, 1.165) is 33.3 Å². The number of thiocarbonyl (C=S) groups is 1. The van der Waals surface area contributed by atoms with Crippen molar-refractivity contribution in [3.8, 4) is 5.69 Å². The van der Waals surface area contributed by atoms with Crippen molar-refractivity contribution in [1.29, 1.82) is 0 Å². The lowest BCUT2D eigenvalue weighted by Gasteiger charge is -2.29. The van der Waals surface area contributed by atoms with Crippen LogP contribution in [0.4, 0.5) is 5.69 Å². The number of pyridine rings is 1. The topological polar surface area (TPSA) is 33.1 Å². The Labute approximate surface area is 211 Å². The van der Waals surface area contributed by atoms with Gasteiger partial charge in [-0.05, 0) is 90.8 Å². The maximum atomic E-state index is 6.32.